The van der Waals surface area contributed by atoms with Gasteiger partial charge in [-0.3, -0.25) is 4.79 Å². The van der Waals surface area contributed by atoms with E-state index in [2.05, 4.69) is 0 Å². The van der Waals surface area contributed by atoms with Gasteiger partial charge in [0, 0.05) is 40.3 Å². The van der Waals surface area contributed by atoms with Crippen LogP contribution in [0.5, 0.6) is 57.5 Å². The Hall–Kier alpha value is -5.95. The summed E-state index contributed by atoms with van der Waals surface area (Å²) in [6, 6.07) is 10.2. The molecule has 6 rings (SSSR count). The summed E-state index contributed by atoms with van der Waals surface area (Å²) in [5, 5.41) is 105. The Labute approximate surface area is 239 Å². The van der Waals surface area contributed by atoms with E-state index < -0.39 is 69.6 Å². The highest BCUT2D eigenvalue weighted by Gasteiger charge is 2.43. The third-order valence-corrected chi connectivity index (χ3v) is 7.36. The number of phenolic OH excluding ortho intramolecular Hbond substituents is 8. The zero-order chi connectivity index (χ0) is 30.9. The number of aliphatic hydroxyl groups is 1. The van der Waals surface area contributed by atoms with E-state index in [1.807, 2.05) is 0 Å². The smallest absolute Gasteiger partial charge is 0.235 e. The molecule has 5 aromatic rings. The first-order valence-corrected chi connectivity index (χ1v) is 12.6. The van der Waals surface area contributed by atoms with Crippen LogP contribution in [0, 0.1) is 0 Å². The monoisotopic (exact) mass is 590 g/mol. The lowest BCUT2D eigenvalue weighted by molar-refractivity contribution is 0.00771. The molecule has 0 fully saturated rings. The lowest BCUT2D eigenvalue weighted by Gasteiger charge is -2.38. The largest absolute Gasteiger partial charge is 0.508 e. The van der Waals surface area contributed by atoms with Crippen LogP contribution >= 0.6 is 0 Å². The third kappa shape index (κ3) is 4.18. The Morgan fingerprint density at radius 3 is 1.98 bits per heavy atom. The van der Waals surface area contributed by atoms with Crippen LogP contribution in [0.25, 0.3) is 22.3 Å². The fourth-order valence-electron chi connectivity index (χ4n) is 5.34. The molecule has 2 heterocycles. The Balaban J connectivity index is 1.66. The van der Waals surface area contributed by atoms with Crippen LogP contribution < -0.4 is 10.2 Å². The van der Waals surface area contributed by atoms with Gasteiger partial charge >= 0.3 is 0 Å². The second-order valence-electron chi connectivity index (χ2n) is 9.98. The molecule has 4 aromatic carbocycles. The van der Waals surface area contributed by atoms with Gasteiger partial charge in [-0.05, 0) is 36.4 Å². The highest BCUT2D eigenvalue weighted by Crippen LogP contribution is 2.55. The second-order valence-corrected chi connectivity index (χ2v) is 9.98. The van der Waals surface area contributed by atoms with Crippen molar-refractivity contribution < 1.29 is 60.2 Å². The summed E-state index contributed by atoms with van der Waals surface area (Å²) in [6.45, 7) is 0. The summed E-state index contributed by atoms with van der Waals surface area (Å²) in [5.74, 6) is -8.80. The number of benzene rings is 4. The molecule has 0 aliphatic carbocycles. The number of rotatable bonds is 3. The Bertz CT molecular complexity index is 1990. The van der Waals surface area contributed by atoms with Gasteiger partial charge in [-0.1, -0.05) is 6.07 Å². The highest BCUT2D eigenvalue weighted by molar-refractivity contribution is 5.85. The van der Waals surface area contributed by atoms with Crippen LogP contribution in [0.1, 0.15) is 28.7 Å². The third-order valence-electron chi connectivity index (χ3n) is 7.36. The highest BCUT2D eigenvalue weighted by atomic mass is 16.5. The zero-order valence-corrected chi connectivity index (χ0v) is 21.6. The number of hydrogen-bond acceptors (Lipinski definition) is 13. The maximum Gasteiger partial charge on any atom is 0.235 e. The summed E-state index contributed by atoms with van der Waals surface area (Å²) in [4.78, 5) is 13.1. The van der Waals surface area contributed by atoms with E-state index in [1.54, 1.807) is 0 Å². The maximum atomic E-state index is 13.1. The number of fused-ring (bicyclic) bond motifs is 2. The molecule has 0 amide bonds. The standard InChI is InChI=1S/C30H22O13/c31-11-1-3-13-19(7-11)42-29(10-5-16(33)24(37)17(34)6-10)27(40)21(13)22-15(9-18(35)25(38)26(22)39)30-28(41)23(36)14-4-2-12(32)8-20(14)43-30/h1-9,21,27,29,31-35,37-41H/t21-,27-,29+/m0/s1. The molecule has 220 valence electrons. The molecule has 0 spiro atoms. The summed E-state index contributed by atoms with van der Waals surface area (Å²) in [6.07, 6.45) is -3.21. The zero-order valence-electron chi connectivity index (χ0n) is 21.6. The lowest BCUT2D eigenvalue weighted by Crippen LogP contribution is -2.35. The van der Waals surface area contributed by atoms with E-state index in [-0.39, 0.29) is 50.5 Å². The minimum Gasteiger partial charge on any atom is -0.508 e. The molecule has 0 saturated carbocycles. The van der Waals surface area contributed by atoms with Crippen molar-refractivity contribution in [3.63, 3.8) is 0 Å². The molecule has 13 nitrogen and oxygen atoms in total. The van der Waals surface area contributed by atoms with Gasteiger partial charge in [0.2, 0.25) is 16.9 Å². The van der Waals surface area contributed by atoms with E-state index in [0.29, 0.717) is 0 Å². The van der Waals surface area contributed by atoms with Crippen molar-refractivity contribution in [3.8, 4) is 68.8 Å². The van der Waals surface area contributed by atoms with Crippen molar-refractivity contribution >= 4 is 11.0 Å². The van der Waals surface area contributed by atoms with Crippen molar-refractivity contribution in [1.82, 2.24) is 0 Å². The van der Waals surface area contributed by atoms with Crippen molar-refractivity contribution in [1.29, 1.82) is 0 Å². The molecule has 0 unspecified atom stereocenters. The lowest BCUT2D eigenvalue weighted by atomic mass is 9.77. The second kappa shape index (κ2) is 9.56. The van der Waals surface area contributed by atoms with E-state index in [9.17, 15) is 55.9 Å². The molecule has 43 heavy (non-hydrogen) atoms. The van der Waals surface area contributed by atoms with Gasteiger partial charge < -0.3 is 60.2 Å². The van der Waals surface area contributed by atoms with Crippen molar-refractivity contribution in [3.05, 3.63) is 81.5 Å². The minimum absolute atomic E-state index is 0.0561. The Morgan fingerprint density at radius 1 is 0.651 bits per heavy atom. The first-order chi connectivity index (χ1) is 20.4. The van der Waals surface area contributed by atoms with Crippen molar-refractivity contribution in [2.24, 2.45) is 0 Å². The fraction of sp³-hybridized carbons (Fsp3) is 0.100. The van der Waals surface area contributed by atoms with Gasteiger partial charge in [0.05, 0.1) is 5.39 Å². The molecule has 1 aromatic heterocycles. The molecular formula is C30H22O13. The fourth-order valence-corrected chi connectivity index (χ4v) is 5.34. The van der Waals surface area contributed by atoms with Gasteiger partial charge in [0.25, 0.3) is 0 Å². The molecule has 3 atom stereocenters. The molecule has 13 heteroatoms. The van der Waals surface area contributed by atoms with Gasteiger partial charge in [0.1, 0.15) is 28.9 Å². The maximum absolute atomic E-state index is 13.1. The van der Waals surface area contributed by atoms with E-state index in [4.69, 9.17) is 9.15 Å². The summed E-state index contributed by atoms with van der Waals surface area (Å²) in [7, 11) is 0. The van der Waals surface area contributed by atoms with E-state index in [1.165, 1.54) is 30.3 Å². The number of phenols is 8. The first kappa shape index (κ1) is 27.2. The predicted octanol–water partition coefficient (Wildman–Crippen LogP) is 3.44. The van der Waals surface area contributed by atoms with Gasteiger partial charge in [-0.2, -0.15) is 0 Å². The molecule has 0 radical (unpaired) electrons. The molecular weight excluding hydrogens is 568 g/mol. The van der Waals surface area contributed by atoms with Crippen LogP contribution in [0.4, 0.5) is 0 Å². The summed E-state index contributed by atoms with van der Waals surface area (Å²) in [5.41, 5.74) is -1.77. The summed E-state index contributed by atoms with van der Waals surface area (Å²) >= 11 is 0. The van der Waals surface area contributed by atoms with Crippen LogP contribution in [-0.4, -0.2) is 57.2 Å². The normalized spacial score (nSPS) is 17.8. The van der Waals surface area contributed by atoms with Gasteiger partial charge in [-0.25, -0.2) is 0 Å². The predicted molar refractivity (Wildman–Crippen MR) is 147 cm³/mol. The molecule has 10 N–H and O–H groups in total. The topological polar surface area (TPSA) is 242 Å². The molecule has 1 aliphatic rings. The van der Waals surface area contributed by atoms with Crippen molar-refractivity contribution in [2.45, 2.75) is 18.1 Å². The number of aliphatic hydroxyl groups excluding tert-OH is 1. The Morgan fingerprint density at radius 2 is 1.28 bits per heavy atom. The molecule has 1 aliphatic heterocycles. The Kier molecular flexibility index (Phi) is 6.06. The van der Waals surface area contributed by atoms with Gasteiger partial charge in [0.15, 0.2) is 40.6 Å². The van der Waals surface area contributed by atoms with Crippen LogP contribution in [0.15, 0.2) is 63.8 Å². The first-order valence-electron chi connectivity index (χ1n) is 12.6. The average molecular weight is 590 g/mol. The van der Waals surface area contributed by atoms with Gasteiger partial charge in [-0.15, -0.1) is 0 Å². The quantitative estimate of drug-likeness (QED) is 0.136. The van der Waals surface area contributed by atoms with Crippen LogP contribution in [0.3, 0.4) is 0 Å². The van der Waals surface area contributed by atoms with Crippen LogP contribution in [0.2, 0.25) is 0 Å². The molecule has 0 saturated heterocycles. The van der Waals surface area contributed by atoms with Crippen molar-refractivity contribution in [2.75, 3.05) is 0 Å². The SMILES string of the molecule is O=c1c(O)c(-c2cc(O)c(O)c(O)c2[C@@H]2c3ccc(O)cc3O[C@H](c3cc(O)c(O)c(O)c3)[C@H]2O)oc2cc(O)ccc12. The number of ether oxygens (including phenoxy) is 1. The number of hydrogen-bond donors (Lipinski definition) is 10. The minimum atomic E-state index is -1.74. The van der Waals surface area contributed by atoms with E-state index in [0.717, 1.165) is 24.3 Å². The van der Waals surface area contributed by atoms with Crippen LogP contribution in [-0.2, 0) is 0 Å². The summed E-state index contributed by atoms with van der Waals surface area (Å²) < 4.78 is 11.7. The molecule has 0 bridgehead atoms. The average Bonchev–Trinajstić information content (AvgIpc) is 2.96. The van der Waals surface area contributed by atoms with E-state index >= 15 is 0 Å². The number of aromatic hydroxyl groups is 9.